The number of nitrogens with two attached hydrogens (primary N) is 1. The highest BCUT2D eigenvalue weighted by Crippen LogP contribution is 2.40. The first-order valence-corrected chi connectivity index (χ1v) is 6.13. The van der Waals surface area contributed by atoms with Crippen LogP contribution in [0, 0.1) is 0 Å². The second-order valence-electron chi connectivity index (χ2n) is 3.77. The Balaban J connectivity index is 2.00. The van der Waals surface area contributed by atoms with E-state index in [1.165, 1.54) is 0 Å². The third-order valence-electron chi connectivity index (χ3n) is 2.62. The topological polar surface area (TPSA) is 98.9 Å². The van der Waals surface area contributed by atoms with E-state index >= 15 is 0 Å². The third-order valence-corrected chi connectivity index (χ3v) is 3.21. The summed E-state index contributed by atoms with van der Waals surface area (Å²) in [6.07, 6.45) is 0. The van der Waals surface area contributed by atoms with Gasteiger partial charge in [0.05, 0.1) is 10.5 Å². The molecule has 0 radical (unpaired) electrons. The number of fused-ring (bicyclic) bond motifs is 1. The van der Waals surface area contributed by atoms with Crippen LogP contribution in [0.25, 0.3) is 0 Å². The lowest BCUT2D eigenvalue weighted by Gasteiger charge is -2.21. The largest absolute Gasteiger partial charge is 0.486 e. The van der Waals surface area contributed by atoms with Crippen molar-refractivity contribution >= 4 is 15.9 Å². The Morgan fingerprint density at radius 2 is 2.17 bits per heavy atom. The molecule has 0 fully saturated rings. The van der Waals surface area contributed by atoms with E-state index in [2.05, 4.69) is 36.6 Å². The number of nitrogens with zero attached hydrogens (tertiary/aromatic N) is 3. The highest BCUT2D eigenvalue weighted by atomic mass is 79.9. The molecule has 1 unspecified atom stereocenters. The van der Waals surface area contributed by atoms with Gasteiger partial charge in [0.1, 0.15) is 13.2 Å². The summed E-state index contributed by atoms with van der Waals surface area (Å²) in [6, 6.07) is 3.24. The van der Waals surface area contributed by atoms with Crippen molar-refractivity contribution in [1.82, 2.24) is 20.6 Å². The summed E-state index contributed by atoms with van der Waals surface area (Å²) in [7, 11) is 0. The molecule has 1 aromatic heterocycles. The van der Waals surface area contributed by atoms with Gasteiger partial charge in [0.25, 0.3) is 0 Å². The van der Waals surface area contributed by atoms with Crippen LogP contribution in [-0.4, -0.2) is 33.8 Å². The smallest absolute Gasteiger partial charge is 0.195 e. The predicted molar refractivity (Wildman–Crippen MR) is 65.3 cm³/mol. The molecule has 1 aromatic carbocycles. The maximum atomic E-state index is 6.06. The number of benzene rings is 1. The molecule has 0 saturated carbocycles. The number of nitrogens with one attached hydrogen (secondary N) is 1. The van der Waals surface area contributed by atoms with Crippen molar-refractivity contribution in [2.75, 3.05) is 13.2 Å². The molecule has 0 aliphatic carbocycles. The number of hydrogen-bond acceptors (Lipinski definition) is 6. The zero-order valence-electron chi connectivity index (χ0n) is 9.26. The number of ether oxygens (including phenoxy) is 2. The molecule has 1 aliphatic heterocycles. The first-order chi connectivity index (χ1) is 8.75. The lowest BCUT2D eigenvalue weighted by atomic mass is 10.1. The summed E-state index contributed by atoms with van der Waals surface area (Å²) in [5.41, 5.74) is 6.89. The predicted octanol–water partition coefficient (Wildman–Crippen LogP) is 0.781. The maximum Gasteiger partial charge on any atom is 0.195 e. The number of aromatic amines is 1. The van der Waals surface area contributed by atoms with Crippen LogP contribution in [0.1, 0.15) is 17.4 Å². The highest BCUT2D eigenvalue weighted by Gasteiger charge is 2.21. The Labute approximate surface area is 111 Å². The molecule has 0 saturated heterocycles. The SMILES string of the molecule is NC(c1cc(Br)c2c(c1)OCCO2)c1nn[nH]n1. The van der Waals surface area contributed by atoms with Gasteiger partial charge in [-0.3, -0.25) is 0 Å². The van der Waals surface area contributed by atoms with Gasteiger partial charge in [0.15, 0.2) is 17.3 Å². The van der Waals surface area contributed by atoms with Crippen LogP contribution in [0.3, 0.4) is 0 Å². The van der Waals surface area contributed by atoms with E-state index in [9.17, 15) is 0 Å². The van der Waals surface area contributed by atoms with Gasteiger partial charge in [0, 0.05) is 0 Å². The monoisotopic (exact) mass is 311 g/mol. The molecule has 1 atom stereocenters. The maximum absolute atomic E-state index is 6.06. The van der Waals surface area contributed by atoms with Crippen LogP contribution < -0.4 is 15.2 Å². The molecule has 2 heterocycles. The molecule has 3 N–H and O–H groups in total. The van der Waals surface area contributed by atoms with Gasteiger partial charge in [-0.1, -0.05) is 5.21 Å². The second kappa shape index (κ2) is 4.54. The fraction of sp³-hybridized carbons (Fsp3) is 0.300. The minimum atomic E-state index is -0.462. The fourth-order valence-corrected chi connectivity index (χ4v) is 2.33. The Kier molecular flexibility index (Phi) is 2.88. The lowest BCUT2D eigenvalue weighted by Crippen LogP contribution is -2.18. The van der Waals surface area contributed by atoms with Crippen LogP contribution in [0.2, 0.25) is 0 Å². The lowest BCUT2D eigenvalue weighted by molar-refractivity contribution is 0.170. The molecule has 18 heavy (non-hydrogen) atoms. The van der Waals surface area contributed by atoms with Gasteiger partial charge in [-0.25, -0.2) is 0 Å². The Bertz CT molecular complexity index is 560. The Morgan fingerprint density at radius 3 is 2.94 bits per heavy atom. The van der Waals surface area contributed by atoms with E-state index in [0.717, 1.165) is 10.0 Å². The third kappa shape index (κ3) is 1.93. The molecule has 3 rings (SSSR count). The van der Waals surface area contributed by atoms with E-state index in [4.69, 9.17) is 15.2 Å². The van der Waals surface area contributed by atoms with Gasteiger partial charge in [0.2, 0.25) is 0 Å². The zero-order valence-corrected chi connectivity index (χ0v) is 10.8. The van der Waals surface area contributed by atoms with Gasteiger partial charge in [-0.05, 0) is 33.6 Å². The molecule has 0 amide bonds. The van der Waals surface area contributed by atoms with Crippen molar-refractivity contribution in [2.45, 2.75) is 6.04 Å². The van der Waals surface area contributed by atoms with Crippen molar-refractivity contribution in [3.8, 4) is 11.5 Å². The van der Waals surface area contributed by atoms with E-state index in [0.29, 0.717) is 30.5 Å². The molecule has 0 bridgehead atoms. The number of aromatic nitrogens is 4. The number of halogens is 1. The van der Waals surface area contributed by atoms with Crippen LogP contribution in [0.15, 0.2) is 16.6 Å². The van der Waals surface area contributed by atoms with Crippen molar-refractivity contribution in [1.29, 1.82) is 0 Å². The van der Waals surface area contributed by atoms with Crippen LogP contribution in [0.4, 0.5) is 0 Å². The van der Waals surface area contributed by atoms with Gasteiger partial charge < -0.3 is 15.2 Å². The Morgan fingerprint density at radius 1 is 1.33 bits per heavy atom. The van der Waals surface area contributed by atoms with Crippen LogP contribution >= 0.6 is 15.9 Å². The number of H-pyrrole nitrogens is 1. The summed E-state index contributed by atoms with van der Waals surface area (Å²) >= 11 is 3.44. The molecule has 7 nitrogen and oxygen atoms in total. The summed E-state index contributed by atoms with van der Waals surface area (Å²) in [4.78, 5) is 0. The van der Waals surface area contributed by atoms with E-state index in [1.807, 2.05) is 12.1 Å². The average molecular weight is 312 g/mol. The standard InChI is InChI=1S/C10H10BrN5O2/c11-6-3-5(8(12)10-13-15-16-14-10)4-7-9(6)18-2-1-17-7/h3-4,8H,1-2,12H2,(H,13,14,15,16). The van der Waals surface area contributed by atoms with E-state index in [1.54, 1.807) is 0 Å². The zero-order chi connectivity index (χ0) is 12.5. The summed E-state index contributed by atoms with van der Waals surface area (Å²) in [5.74, 6) is 1.80. The van der Waals surface area contributed by atoms with Crippen molar-refractivity contribution in [2.24, 2.45) is 5.73 Å². The average Bonchev–Trinajstić information content (AvgIpc) is 2.91. The first-order valence-electron chi connectivity index (χ1n) is 5.33. The Hall–Kier alpha value is -1.67. The summed E-state index contributed by atoms with van der Waals surface area (Å²) < 4.78 is 11.9. The van der Waals surface area contributed by atoms with Crippen molar-refractivity contribution in [3.63, 3.8) is 0 Å². The normalized spacial score (nSPS) is 15.4. The number of rotatable bonds is 2. The summed E-state index contributed by atoms with van der Waals surface area (Å²) in [6.45, 7) is 1.07. The van der Waals surface area contributed by atoms with Gasteiger partial charge in [-0.2, -0.15) is 5.21 Å². The summed E-state index contributed by atoms with van der Waals surface area (Å²) in [5, 5.41) is 13.6. The van der Waals surface area contributed by atoms with E-state index < -0.39 is 6.04 Å². The minimum Gasteiger partial charge on any atom is -0.486 e. The van der Waals surface area contributed by atoms with Crippen molar-refractivity contribution in [3.05, 3.63) is 28.0 Å². The van der Waals surface area contributed by atoms with E-state index in [-0.39, 0.29) is 0 Å². The highest BCUT2D eigenvalue weighted by molar-refractivity contribution is 9.10. The first kappa shape index (κ1) is 11.4. The molecular weight excluding hydrogens is 302 g/mol. The van der Waals surface area contributed by atoms with Crippen LogP contribution in [0.5, 0.6) is 11.5 Å². The number of hydrogen-bond donors (Lipinski definition) is 2. The molecule has 1 aliphatic rings. The molecular formula is C10H10BrN5O2. The quantitative estimate of drug-likeness (QED) is 0.850. The second-order valence-corrected chi connectivity index (χ2v) is 4.63. The molecule has 2 aromatic rings. The van der Waals surface area contributed by atoms with Crippen molar-refractivity contribution < 1.29 is 9.47 Å². The molecule has 94 valence electrons. The van der Waals surface area contributed by atoms with Gasteiger partial charge in [-0.15, -0.1) is 10.2 Å². The van der Waals surface area contributed by atoms with Crippen LogP contribution in [-0.2, 0) is 0 Å². The minimum absolute atomic E-state index is 0.429. The molecule has 8 heteroatoms. The van der Waals surface area contributed by atoms with Gasteiger partial charge >= 0.3 is 0 Å². The molecule has 0 spiro atoms. The fourth-order valence-electron chi connectivity index (χ4n) is 1.76. The number of tetrazole rings is 1.